The van der Waals surface area contributed by atoms with Gasteiger partial charge in [0.25, 0.3) is 0 Å². The van der Waals surface area contributed by atoms with Crippen LogP contribution in [-0.2, 0) is 16.1 Å². The van der Waals surface area contributed by atoms with Crippen molar-refractivity contribution in [2.75, 3.05) is 26.2 Å². The predicted octanol–water partition coefficient (Wildman–Crippen LogP) is 1.27. The van der Waals surface area contributed by atoms with Crippen LogP contribution in [0.3, 0.4) is 0 Å². The molecule has 1 N–H and O–H groups in total. The van der Waals surface area contributed by atoms with Crippen molar-refractivity contribution in [2.24, 2.45) is 0 Å². The van der Waals surface area contributed by atoms with Gasteiger partial charge in [-0.25, -0.2) is 4.79 Å². The van der Waals surface area contributed by atoms with Crippen molar-refractivity contribution in [1.82, 2.24) is 14.8 Å². The first kappa shape index (κ1) is 17.0. The normalized spacial score (nSPS) is 14.4. The molecule has 25 heavy (non-hydrogen) atoms. The van der Waals surface area contributed by atoms with Crippen molar-refractivity contribution >= 4 is 22.9 Å². The number of aromatic nitrogens is 1. The average Bonchev–Trinajstić information content (AvgIpc) is 2.60. The number of aryl methyl sites for hydroxylation is 1. The highest BCUT2D eigenvalue weighted by atomic mass is 16.6. The van der Waals surface area contributed by atoms with E-state index in [0.717, 1.165) is 17.6 Å². The number of carbonyl (C=O) groups excluding carboxylic acids is 2. The van der Waals surface area contributed by atoms with Crippen LogP contribution in [0, 0.1) is 6.92 Å². The third-order valence-corrected chi connectivity index (χ3v) is 4.29. The molecule has 0 radical (unpaired) electrons. The summed E-state index contributed by atoms with van der Waals surface area (Å²) in [4.78, 5) is 37.5. The minimum atomic E-state index is -0.331. The van der Waals surface area contributed by atoms with E-state index >= 15 is 0 Å². The van der Waals surface area contributed by atoms with E-state index in [0.29, 0.717) is 31.6 Å². The number of amides is 2. The molecule has 1 fully saturated rings. The molecule has 0 atom stereocenters. The Hall–Kier alpha value is -2.83. The van der Waals surface area contributed by atoms with Gasteiger partial charge in [0.15, 0.2) is 5.43 Å². The summed E-state index contributed by atoms with van der Waals surface area (Å²) in [5.74, 6) is -0.165. The number of nitrogens with zero attached hydrogens (tertiary/aromatic N) is 2. The predicted molar refractivity (Wildman–Crippen MR) is 93.5 cm³/mol. The number of pyridine rings is 1. The molecule has 1 aromatic heterocycles. The van der Waals surface area contributed by atoms with E-state index in [4.69, 9.17) is 4.74 Å². The maximum absolute atomic E-state index is 12.3. The van der Waals surface area contributed by atoms with Gasteiger partial charge in [-0.05, 0) is 25.5 Å². The van der Waals surface area contributed by atoms with E-state index < -0.39 is 0 Å². The third kappa shape index (κ3) is 3.81. The number of rotatable bonds is 5. The summed E-state index contributed by atoms with van der Waals surface area (Å²) in [5.41, 5.74) is 1.43. The number of cyclic esters (lactones) is 1. The Kier molecular flexibility index (Phi) is 5.02. The molecule has 3 rings (SSSR count). The van der Waals surface area contributed by atoms with Gasteiger partial charge in [-0.2, -0.15) is 0 Å². The fourth-order valence-corrected chi connectivity index (χ4v) is 2.99. The van der Waals surface area contributed by atoms with Gasteiger partial charge in [-0.15, -0.1) is 0 Å². The number of hydrogen-bond donors (Lipinski definition) is 1. The molecule has 2 heterocycles. The van der Waals surface area contributed by atoms with Crippen LogP contribution < -0.4 is 10.7 Å². The van der Waals surface area contributed by atoms with Crippen LogP contribution in [-0.4, -0.2) is 47.7 Å². The van der Waals surface area contributed by atoms with Crippen molar-refractivity contribution in [3.63, 3.8) is 0 Å². The average molecular weight is 343 g/mol. The summed E-state index contributed by atoms with van der Waals surface area (Å²) in [5, 5.41) is 3.41. The smallest absolute Gasteiger partial charge is 0.409 e. The van der Waals surface area contributed by atoms with Gasteiger partial charge in [0, 0.05) is 36.8 Å². The lowest BCUT2D eigenvalue weighted by molar-refractivity contribution is -0.121. The van der Waals surface area contributed by atoms with Crippen LogP contribution in [0.15, 0.2) is 35.1 Å². The third-order valence-electron chi connectivity index (χ3n) is 4.29. The Balaban J connectivity index is 1.64. The largest absolute Gasteiger partial charge is 0.449 e. The van der Waals surface area contributed by atoms with Gasteiger partial charge in [0.1, 0.15) is 6.54 Å². The van der Waals surface area contributed by atoms with Crippen molar-refractivity contribution in [3.05, 3.63) is 46.2 Å². The second-order valence-electron chi connectivity index (χ2n) is 6.06. The Bertz CT molecular complexity index is 859. The van der Waals surface area contributed by atoms with E-state index in [-0.39, 0.29) is 24.0 Å². The fraction of sp³-hybridized carbons (Fsp3) is 0.389. The van der Waals surface area contributed by atoms with Gasteiger partial charge in [0.2, 0.25) is 5.91 Å². The Labute approximate surface area is 145 Å². The fourth-order valence-electron chi connectivity index (χ4n) is 2.99. The number of nitrogens with one attached hydrogen (secondary N) is 1. The van der Waals surface area contributed by atoms with Crippen LogP contribution in [0.5, 0.6) is 0 Å². The second-order valence-corrected chi connectivity index (χ2v) is 6.06. The molecule has 7 nitrogen and oxygen atoms in total. The first-order valence-corrected chi connectivity index (χ1v) is 8.34. The summed E-state index contributed by atoms with van der Waals surface area (Å²) in [7, 11) is 0. The Morgan fingerprint density at radius 3 is 2.88 bits per heavy atom. The molecule has 0 spiro atoms. The standard InChI is InChI=1S/C18H21N3O4/c1-13-11-16(22)14-5-2-3-6-15(14)21(13)12-17(23)19-7-9-20-8-4-10-25-18(20)24/h2-3,5-6,11H,4,7-10,12H2,1H3,(H,19,23). The first-order valence-electron chi connectivity index (χ1n) is 8.34. The monoisotopic (exact) mass is 343 g/mol. The number of fused-ring (bicyclic) bond motifs is 1. The summed E-state index contributed by atoms with van der Waals surface area (Å²) in [6.45, 7) is 3.83. The quantitative estimate of drug-likeness (QED) is 0.886. The van der Waals surface area contributed by atoms with Gasteiger partial charge < -0.3 is 19.5 Å². The van der Waals surface area contributed by atoms with Crippen molar-refractivity contribution in [2.45, 2.75) is 19.9 Å². The maximum atomic E-state index is 12.3. The van der Waals surface area contributed by atoms with E-state index in [1.165, 1.54) is 0 Å². The van der Waals surface area contributed by atoms with Crippen LogP contribution in [0.4, 0.5) is 4.79 Å². The molecule has 0 unspecified atom stereocenters. The van der Waals surface area contributed by atoms with Gasteiger partial charge in [-0.1, -0.05) is 12.1 Å². The molecular formula is C18H21N3O4. The molecule has 0 saturated carbocycles. The number of para-hydroxylation sites is 1. The highest BCUT2D eigenvalue weighted by Gasteiger charge is 2.19. The van der Waals surface area contributed by atoms with Gasteiger partial charge >= 0.3 is 6.09 Å². The molecule has 7 heteroatoms. The maximum Gasteiger partial charge on any atom is 0.409 e. The second kappa shape index (κ2) is 7.38. The lowest BCUT2D eigenvalue weighted by Gasteiger charge is -2.26. The molecule has 1 saturated heterocycles. The molecule has 2 aromatic rings. The first-order chi connectivity index (χ1) is 12.1. The Morgan fingerprint density at radius 2 is 2.08 bits per heavy atom. The van der Waals surface area contributed by atoms with Crippen LogP contribution in [0.25, 0.3) is 10.9 Å². The highest BCUT2D eigenvalue weighted by Crippen LogP contribution is 2.12. The van der Waals surface area contributed by atoms with E-state index in [1.807, 2.05) is 23.6 Å². The molecular weight excluding hydrogens is 322 g/mol. The van der Waals surface area contributed by atoms with E-state index in [2.05, 4.69) is 5.32 Å². The summed E-state index contributed by atoms with van der Waals surface area (Å²) >= 11 is 0. The SMILES string of the molecule is Cc1cc(=O)c2ccccc2n1CC(=O)NCCN1CCCOC1=O. The van der Waals surface area contributed by atoms with Crippen molar-refractivity contribution in [3.8, 4) is 0 Å². The molecule has 1 aromatic carbocycles. The van der Waals surface area contributed by atoms with Crippen LogP contribution >= 0.6 is 0 Å². The molecule has 132 valence electrons. The van der Waals surface area contributed by atoms with E-state index in [1.54, 1.807) is 23.1 Å². The summed E-state index contributed by atoms with van der Waals surface area (Å²) < 4.78 is 6.78. The molecule has 1 aliphatic heterocycles. The number of benzene rings is 1. The molecule has 0 bridgehead atoms. The minimum Gasteiger partial charge on any atom is -0.449 e. The summed E-state index contributed by atoms with van der Waals surface area (Å²) in [6, 6.07) is 8.78. The number of ether oxygens (including phenoxy) is 1. The van der Waals surface area contributed by atoms with Crippen LogP contribution in [0.2, 0.25) is 0 Å². The lowest BCUT2D eigenvalue weighted by atomic mass is 10.2. The number of carbonyl (C=O) groups is 2. The van der Waals surface area contributed by atoms with Crippen LogP contribution in [0.1, 0.15) is 12.1 Å². The zero-order valence-electron chi connectivity index (χ0n) is 14.2. The van der Waals surface area contributed by atoms with Crippen molar-refractivity contribution in [1.29, 1.82) is 0 Å². The topological polar surface area (TPSA) is 80.6 Å². The van der Waals surface area contributed by atoms with Crippen molar-refractivity contribution < 1.29 is 14.3 Å². The lowest BCUT2D eigenvalue weighted by Crippen LogP contribution is -2.43. The minimum absolute atomic E-state index is 0.0478. The van der Waals surface area contributed by atoms with Gasteiger partial charge in [0.05, 0.1) is 12.1 Å². The molecule has 2 amide bonds. The Morgan fingerprint density at radius 1 is 1.28 bits per heavy atom. The van der Waals surface area contributed by atoms with E-state index in [9.17, 15) is 14.4 Å². The molecule has 1 aliphatic rings. The summed E-state index contributed by atoms with van der Waals surface area (Å²) in [6.07, 6.45) is 0.477. The van der Waals surface area contributed by atoms with Gasteiger partial charge in [-0.3, -0.25) is 9.59 Å². The zero-order valence-corrected chi connectivity index (χ0v) is 14.2. The zero-order chi connectivity index (χ0) is 17.8. The number of hydrogen-bond acceptors (Lipinski definition) is 4. The highest BCUT2D eigenvalue weighted by molar-refractivity contribution is 5.82. The molecule has 0 aliphatic carbocycles.